The first kappa shape index (κ1) is 23.0. The van der Waals surface area contributed by atoms with Crippen LogP contribution in [0.25, 0.3) is 0 Å². The molecule has 1 N–H and O–H groups in total. The van der Waals surface area contributed by atoms with Crippen LogP contribution in [0.4, 0.5) is 0 Å². The van der Waals surface area contributed by atoms with Crippen molar-refractivity contribution in [3.05, 3.63) is 87.8 Å². The molecule has 0 aliphatic carbocycles. The SMILES string of the molecule is CCC(C)c1ccc(C(CC)NC(=O)c2ccc(COc3ccc(Cl)c(C)c3)o2)cc1. The Hall–Kier alpha value is -2.72. The molecule has 3 rings (SSSR count). The van der Waals surface area contributed by atoms with E-state index in [1.165, 1.54) is 5.56 Å². The molecule has 4 nitrogen and oxygen atoms in total. The van der Waals surface area contributed by atoms with E-state index in [-0.39, 0.29) is 24.3 Å². The van der Waals surface area contributed by atoms with Crippen LogP contribution in [0, 0.1) is 6.92 Å². The Balaban J connectivity index is 1.60. The van der Waals surface area contributed by atoms with Crippen molar-refractivity contribution in [3.8, 4) is 5.75 Å². The van der Waals surface area contributed by atoms with Gasteiger partial charge in [0.25, 0.3) is 5.91 Å². The fraction of sp³-hybridized carbons (Fsp3) is 0.346. The quantitative estimate of drug-likeness (QED) is 0.383. The minimum absolute atomic E-state index is 0.0691. The molecular formula is C26H30ClNO3. The van der Waals surface area contributed by atoms with Gasteiger partial charge in [0, 0.05) is 5.02 Å². The number of hydrogen-bond donors (Lipinski definition) is 1. The highest BCUT2D eigenvalue weighted by molar-refractivity contribution is 6.31. The molecule has 3 aromatic rings. The van der Waals surface area contributed by atoms with Gasteiger partial charge in [-0.1, -0.05) is 56.6 Å². The van der Waals surface area contributed by atoms with Gasteiger partial charge in [0.1, 0.15) is 18.1 Å². The maximum atomic E-state index is 12.7. The number of carbonyl (C=O) groups excluding carboxylic acids is 1. The summed E-state index contributed by atoms with van der Waals surface area (Å²) in [5.41, 5.74) is 3.36. The molecule has 1 aromatic heterocycles. The summed E-state index contributed by atoms with van der Waals surface area (Å²) < 4.78 is 11.5. The zero-order valence-corrected chi connectivity index (χ0v) is 19.3. The normalized spacial score (nSPS) is 12.9. The van der Waals surface area contributed by atoms with Gasteiger partial charge in [-0.2, -0.15) is 0 Å². The van der Waals surface area contributed by atoms with Crippen molar-refractivity contribution in [2.75, 3.05) is 0 Å². The van der Waals surface area contributed by atoms with Gasteiger partial charge in [-0.3, -0.25) is 4.79 Å². The molecule has 0 saturated carbocycles. The Morgan fingerprint density at radius 1 is 1.03 bits per heavy atom. The molecule has 2 aromatic carbocycles. The average Bonchev–Trinajstić information content (AvgIpc) is 3.27. The zero-order chi connectivity index (χ0) is 22.4. The number of nitrogens with one attached hydrogen (secondary N) is 1. The molecule has 0 aliphatic heterocycles. The topological polar surface area (TPSA) is 51.5 Å². The zero-order valence-electron chi connectivity index (χ0n) is 18.6. The van der Waals surface area contributed by atoms with Gasteiger partial charge in [-0.05, 0) is 72.7 Å². The number of ether oxygens (including phenoxy) is 1. The molecule has 2 unspecified atom stereocenters. The minimum Gasteiger partial charge on any atom is -0.486 e. The Morgan fingerprint density at radius 2 is 1.74 bits per heavy atom. The number of benzene rings is 2. The van der Waals surface area contributed by atoms with Crippen LogP contribution in [-0.2, 0) is 6.61 Å². The third-order valence-corrected chi connectivity index (χ3v) is 6.05. The lowest BCUT2D eigenvalue weighted by atomic mass is 9.95. The first-order valence-electron chi connectivity index (χ1n) is 10.8. The number of rotatable bonds is 9. The Labute approximate surface area is 189 Å². The summed E-state index contributed by atoms with van der Waals surface area (Å²) >= 11 is 6.04. The van der Waals surface area contributed by atoms with E-state index in [4.69, 9.17) is 20.8 Å². The minimum atomic E-state index is -0.230. The number of halogens is 1. The Morgan fingerprint density at radius 3 is 2.39 bits per heavy atom. The summed E-state index contributed by atoms with van der Waals surface area (Å²) in [5.74, 6) is 1.87. The van der Waals surface area contributed by atoms with E-state index in [1.54, 1.807) is 18.2 Å². The Bertz CT molecular complexity index is 1010. The summed E-state index contributed by atoms with van der Waals surface area (Å²) in [5, 5.41) is 3.77. The van der Waals surface area contributed by atoms with Gasteiger partial charge in [0.15, 0.2) is 5.76 Å². The van der Waals surface area contributed by atoms with Gasteiger partial charge in [0.05, 0.1) is 6.04 Å². The molecule has 164 valence electrons. The van der Waals surface area contributed by atoms with E-state index in [0.29, 0.717) is 22.5 Å². The maximum Gasteiger partial charge on any atom is 0.287 e. The fourth-order valence-corrected chi connectivity index (χ4v) is 3.50. The monoisotopic (exact) mass is 439 g/mol. The van der Waals surface area contributed by atoms with E-state index >= 15 is 0 Å². The first-order chi connectivity index (χ1) is 14.9. The molecule has 0 spiro atoms. The summed E-state index contributed by atoms with van der Waals surface area (Å²) in [6.07, 6.45) is 1.90. The molecule has 1 amide bonds. The fourth-order valence-electron chi connectivity index (χ4n) is 3.38. The lowest BCUT2D eigenvalue weighted by Crippen LogP contribution is -2.27. The summed E-state index contributed by atoms with van der Waals surface area (Å²) in [7, 11) is 0. The van der Waals surface area contributed by atoms with Crippen molar-refractivity contribution < 1.29 is 13.9 Å². The lowest BCUT2D eigenvalue weighted by molar-refractivity contribution is 0.0903. The Kier molecular flexibility index (Phi) is 7.80. The molecule has 1 heterocycles. The number of carbonyl (C=O) groups is 1. The molecule has 0 fully saturated rings. The van der Waals surface area contributed by atoms with Gasteiger partial charge < -0.3 is 14.5 Å². The van der Waals surface area contributed by atoms with Crippen LogP contribution >= 0.6 is 11.6 Å². The number of hydrogen-bond acceptors (Lipinski definition) is 3. The second kappa shape index (κ2) is 10.5. The van der Waals surface area contributed by atoms with Crippen molar-refractivity contribution >= 4 is 17.5 Å². The van der Waals surface area contributed by atoms with Gasteiger partial charge in [-0.15, -0.1) is 0 Å². The van der Waals surface area contributed by atoms with Gasteiger partial charge in [0.2, 0.25) is 0 Å². The molecule has 31 heavy (non-hydrogen) atoms. The predicted molar refractivity (Wildman–Crippen MR) is 125 cm³/mol. The third-order valence-electron chi connectivity index (χ3n) is 5.63. The highest BCUT2D eigenvalue weighted by Crippen LogP contribution is 2.24. The molecule has 5 heteroatoms. The van der Waals surface area contributed by atoms with Crippen LogP contribution < -0.4 is 10.1 Å². The molecule has 0 radical (unpaired) electrons. The second-order valence-corrected chi connectivity index (χ2v) is 8.28. The predicted octanol–water partition coefficient (Wildman–Crippen LogP) is 7.22. The van der Waals surface area contributed by atoms with Crippen molar-refractivity contribution in [3.63, 3.8) is 0 Å². The standard InChI is InChI=1S/C26H30ClNO3/c1-5-17(3)19-7-9-20(10-8-19)24(6-2)28-26(29)25-14-12-22(31-25)16-30-21-11-13-23(27)18(4)15-21/h7-15,17,24H,5-6,16H2,1-4H3,(H,28,29). The first-order valence-corrected chi connectivity index (χ1v) is 11.2. The lowest BCUT2D eigenvalue weighted by Gasteiger charge is -2.18. The third kappa shape index (κ3) is 5.92. The largest absolute Gasteiger partial charge is 0.486 e. The molecule has 0 aliphatic rings. The number of amides is 1. The maximum absolute atomic E-state index is 12.7. The van der Waals surface area contributed by atoms with Crippen LogP contribution in [0.3, 0.4) is 0 Å². The molecular weight excluding hydrogens is 410 g/mol. The second-order valence-electron chi connectivity index (χ2n) is 7.88. The van der Waals surface area contributed by atoms with Crippen LogP contribution in [0.2, 0.25) is 5.02 Å². The van der Waals surface area contributed by atoms with Gasteiger partial charge in [-0.25, -0.2) is 0 Å². The van der Waals surface area contributed by atoms with Crippen LogP contribution in [0.5, 0.6) is 5.75 Å². The highest BCUT2D eigenvalue weighted by atomic mass is 35.5. The smallest absolute Gasteiger partial charge is 0.287 e. The highest BCUT2D eigenvalue weighted by Gasteiger charge is 2.17. The van der Waals surface area contributed by atoms with E-state index in [9.17, 15) is 4.79 Å². The van der Waals surface area contributed by atoms with Crippen LogP contribution in [0.1, 0.15) is 78.6 Å². The van der Waals surface area contributed by atoms with Gasteiger partial charge >= 0.3 is 0 Å². The number of aryl methyl sites for hydroxylation is 1. The number of furan rings is 1. The molecule has 0 saturated heterocycles. The van der Waals surface area contributed by atoms with E-state index in [0.717, 1.165) is 24.0 Å². The van der Waals surface area contributed by atoms with Crippen LogP contribution in [-0.4, -0.2) is 5.91 Å². The van der Waals surface area contributed by atoms with Crippen LogP contribution in [0.15, 0.2) is 59.0 Å². The van der Waals surface area contributed by atoms with Crippen molar-refractivity contribution in [2.24, 2.45) is 0 Å². The molecule has 0 bridgehead atoms. The summed E-state index contributed by atoms with van der Waals surface area (Å²) in [6, 6.07) is 17.4. The average molecular weight is 440 g/mol. The summed E-state index contributed by atoms with van der Waals surface area (Å²) in [6.45, 7) is 8.63. The van der Waals surface area contributed by atoms with Crippen molar-refractivity contribution in [2.45, 2.75) is 59.1 Å². The summed E-state index contributed by atoms with van der Waals surface area (Å²) in [4.78, 5) is 12.7. The van der Waals surface area contributed by atoms with E-state index < -0.39 is 0 Å². The van der Waals surface area contributed by atoms with Crippen molar-refractivity contribution in [1.82, 2.24) is 5.32 Å². The van der Waals surface area contributed by atoms with E-state index in [2.05, 4.69) is 50.4 Å². The van der Waals surface area contributed by atoms with Crippen molar-refractivity contribution in [1.29, 1.82) is 0 Å². The van der Waals surface area contributed by atoms with E-state index in [1.807, 2.05) is 19.1 Å². The molecule has 2 atom stereocenters.